The Kier molecular flexibility index (Phi) is 6.58. The number of rotatable bonds is 8. The van der Waals surface area contributed by atoms with E-state index in [-0.39, 0.29) is 23.5 Å². The lowest BCUT2D eigenvalue weighted by Gasteiger charge is -2.26. The number of urea groups is 1. The summed E-state index contributed by atoms with van der Waals surface area (Å²) in [5, 5.41) is 14.5. The van der Waals surface area contributed by atoms with Crippen LogP contribution in [0.4, 0.5) is 10.5 Å². The number of carboxylic acids is 1. The molecule has 1 rings (SSSR count). The van der Waals surface area contributed by atoms with Crippen molar-refractivity contribution in [1.82, 2.24) is 5.32 Å². The maximum atomic E-state index is 12.1. The first-order valence-electron chi connectivity index (χ1n) is 7.56. The topological polar surface area (TPSA) is 131 Å². The fourth-order valence-corrected chi connectivity index (χ4v) is 2.34. The van der Waals surface area contributed by atoms with Crippen LogP contribution in [0.1, 0.15) is 37.0 Å². The van der Waals surface area contributed by atoms with E-state index in [1.807, 2.05) is 0 Å². The van der Waals surface area contributed by atoms with Gasteiger partial charge in [0, 0.05) is 6.54 Å². The van der Waals surface area contributed by atoms with Crippen molar-refractivity contribution in [1.29, 1.82) is 0 Å². The van der Waals surface area contributed by atoms with Gasteiger partial charge in [0.15, 0.2) is 5.75 Å². The second-order valence-electron chi connectivity index (χ2n) is 5.35. The number of carbonyl (C=O) groups is 3. The van der Waals surface area contributed by atoms with Crippen LogP contribution in [0.2, 0.25) is 0 Å². The number of methoxy groups -OCH3 is 1. The molecule has 0 spiro atoms. The average Bonchev–Trinajstić information content (AvgIpc) is 2.55. The Morgan fingerprint density at radius 2 is 1.88 bits per heavy atom. The summed E-state index contributed by atoms with van der Waals surface area (Å²) in [6, 6.07) is 3.99. The molecular weight excluding hydrogens is 314 g/mol. The SMILES string of the molecule is CCC(CC)(CNC(=O)Nc1cccc(C(N)=O)c1OC)C(=O)O. The van der Waals surface area contributed by atoms with Gasteiger partial charge in [0.1, 0.15) is 0 Å². The van der Waals surface area contributed by atoms with Gasteiger partial charge in [-0.05, 0) is 25.0 Å². The molecule has 24 heavy (non-hydrogen) atoms. The molecular formula is C16H23N3O5. The van der Waals surface area contributed by atoms with E-state index >= 15 is 0 Å². The van der Waals surface area contributed by atoms with Crippen molar-refractivity contribution in [3.8, 4) is 5.75 Å². The van der Waals surface area contributed by atoms with E-state index in [4.69, 9.17) is 10.5 Å². The van der Waals surface area contributed by atoms with Crippen molar-refractivity contribution in [3.63, 3.8) is 0 Å². The number of anilines is 1. The van der Waals surface area contributed by atoms with Gasteiger partial charge in [0.05, 0.1) is 23.8 Å². The van der Waals surface area contributed by atoms with Crippen LogP contribution in [0.15, 0.2) is 18.2 Å². The lowest BCUT2D eigenvalue weighted by molar-refractivity contribution is -0.149. The molecule has 0 atom stereocenters. The lowest BCUT2D eigenvalue weighted by atomic mass is 9.82. The van der Waals surface area contributed by atoms with Gasteiger partial charge in [-0.25, -0.2) is 4.79 Å². The number of benzene rings is 1. The van der Waals surface area contributed by atoms with E-state index in [1.54, 1.807) is 26.0 Å². The molecule has 8 heteroatoms. The van der Waals surface area contributed by atoms with Crippen molar-refractivity contribution >= 4 is 23.6 Å². The van der Waals surface area contributed by atoms with E-state index in [0.717, 1.165) is 0 Å². The van der Waals surface area contributed by atoms with Crippen molar-refractivity contribution in [2.45, 2.75) is 26.7 Å². The van der Waals surface area contributed by atoms with Gasteiger partial charge in [-0.1, -0.05) is 19.9 Å². The molecule has 0 aromatic heterocycles. The summed E-state index contributed by atoms with van der Waals surface area (Å²) in [5.74, 6) is -1.49. The van der Waals surface area contributed by atoms with E-state index in [1.165, 1.54) is 13.2 Å². The van der Waals surface area contributed by atoms with Crippen molar-refractivity contribution in [2.24, 2.45) is 11.1 Å². The standard InChI is InChI=1S/C16H23N3O5/c1-4-16(5-2,14(21)22)9-18-15(23)19-11-8-6-7-10(13(17)20)12(11)24-3/h6-8H,4-5,9H2,1-3H3,(H2,17,20)(H,21,22)(H2,18,19,23). The Balaban J connectivity index is 2.88. The molecule has 0 aliphatic carbocycles. The first-order chi connectivity index (χ1) is 11.3. The predicted molar refractivity (Wildman–Crippen MR) is 89.2 cm³/mol. The minimum Gasteiger partial charge on any atom is -0.494 e. The zero-order valence-electron chi connectivity index (χ0n) is 14.0. The number of hydrogen-bond acceptors (Lipinski definition) is 4. The third-order valence-corrected chi connectivity index (χ3v) is 4.13. The molecule has 0 radical (unpaired) electrons. The fraction of sp³-hybridized carbons (Fsp3) is 0.438. The normalized spacial score (nSPS) is 10.8. The number of nitrogens with two attached hydrogens (primary N) is 1. The Morgan fingerprint density at radius 3 is 2.33 bits per heavy atom. The highest BCUT2D eigenvalue weighted by Gasteiger charge is 2.35. The number of carbonyl (C=O) groups excluding carboxylic acids is 2. The highest BCUT2D eigenvalue weighted by molar-refractivity contribution is 6.00. The summed E-state index contributed by atoms with van der Waals surface area (Å²) in [7, 11) is 1.36. The molecule has 1 aromatic rings. The molecule has 3 amide bonds. The van der Waals surface area contributed by atoms with E-state index in [9.17, 15) is 19.5 Å². The monoisotopic (exact) mass is 337 g/mol. The third kappa shape index (κ3) is 4.15. The molecule has 132 valence electrons. The molecule has 0 aliphatic rings. The quantitative estimate of drug-likeness (QED) is 0.574. The van der Waals surface area contributed by atoms with Crippen molar-refractivity contribution in [2.75, 3.05) is 19.0 Å². The molecule has 0 bridgehead atoms. The highest BCUT2D eigenvalue weighted by Crippen LogP contribution is 2.29. The van der Waals surface area contributed by atoms with E-state index < -0.39 is 23.3 Å². The first-order valence-corrected chi connectivity index (χ1v) is 7.56. The van der Waals surface area contributed by atoms with Gasteiger partial charge < -0.3 is 26.2 Å². The van der Waals surface area contributed by atoms with Crippen LogP contribution in [0, 0.1) is 5.41 Å². The first kappa shape index (κ1) is 19.3. The highest BCUT2D eigenvalue weighted by atomic mass is 16.5. The number of para-hydroxylation sites is 1. The average molecular weight is 337 g/mol. The Bertz CT molecular complexity index is 626. The maximum absolute atomic E-state index is 12.1. The number of aliphatic carboxylic acids is 1. The minimum atomic E-state index is -1.02. The second-order valence-corrected chi connectivity index (χ2v) is 5.35. The van der Waals surface area contributed by atoms with Gasteiger partial charge in [0.25, 0.3) is 5.91 Å². The summed E-state index contributed by atoms with van der Waals surface area (Å²) >= 11 is 0. The Hall–Kier alpha value is -2.77. The van der Waals surface area contributed by atoms with Crippen LogP contribution < -0.4 is 21.1 Å². The molecule has 0 saturated carbocycles. The zero-order chi connectivity index (χ0) is 18.3. The van der Waals surface area contributed by atoms with Gasteiger partial charge in [-0.3, -0.25) is 9.59 Å². The van der Waals surface area contributed by atoms with Gasteiger partial charge in [0.2, 0.25) is 0 Å². The predicted octanol–water partition coefficient (Wildman–Crippen LogP) is 1.81. The van der Waals surface area contributed by atoms with Gasteiger partial charge in [-0.2, -0.15) is 0 Å². The fourth-order valence-electron chi connectivity index (χ4n) is 2.34. The molecule has 0 fully saturated rings. The van der Waals surface area contributed by atoms with Crippen LogP contribution in [-0.4, -0.2) is 36.7 Å². The van der Waals surface area contributed by atoms with Crippen LogP contribution in [0.3, 0.4) is 0 Å². The molecule has 1 aromatic carbocycles. The summed E-state index contributed by atoms with van der Waals surface area (Å²) in [6.07, 6.45) is 0.777. The maximum Gasteiger partial charge on any atom is 0.319 e. The van der Waals surface area contributed by atoms with Crippen LogP contribution in [-0.2, 0) is 4.79 Å². The van der Waals surface area contributed by atoms with Crippen LogP contribution >= 0.6 is 0 Å². The van der Waals surface area contributed by atoms with Crippen molar-refractivity contribution in [3.05, 3.63) is 23.8 Å². The number of carboxylic acid groups (broad SMARTS) is 1. The molecule has 0 aliphatic heterocycles. The summed E-state index contributed by atoms with van der Waals surface area (Å²) in [4.78, 5) is 34.9. The Labute approximate surface area is 140 Å². The largest absolute Gasteiger partial charge is 0.494 e. The summed E-state index contributed by atoms with van der Waals surface area (Å²) in [6.45, 7) is 3.51. The van der Waals surface area contributed by atoms with Gasteiger partial charge in [-0.15, -0.1) is 0 Å². The van der Waals surface area contributed by atoms with Crippen molar-refractivity contribution < 1.29 is 24.2 Å². The summed E-state index contributed by atoms with van der Waals surface area (Å²) < 4.78 is 5.13. The second kappa shape index (κ2) is 8.19. The van der Waals surface area contributed by atoms with E-state index in [0.29, 0.717) is 12.8 Å². The smallest absolute Gasteiger partial charge is 0.319 e. The number of nitrogens with one attached hydrogen (secondary N) is 2. The zero-order valence-corrected chi connectivity index (χ0v) is 14.0. The number of hydrogen-bond donors (Lipinski definition) is 4. The van der Waals surface area contributed by atoms with Crippen LogP contribution in [0.25, 0.3) is 0 Å². The van der Waals surface area contributed by atoms with Gasteiger partial charge >= 0.3 is 12.0 Å². The molecule has 0 heterocycles. The summed E-state index contributed by atoms with van der Waals surface area (Å²) in [5.41, 5.74) is 4.65. The number of ether oxygens (including phenoxy) is 1. The molecule has 0 unspecified atom stereocenters. The molecule has 8 nitrogen and oxygen atoms in total. The van der Waals surface area contributed by atoms with Crippen LogP contribution in [0.5, 0.6) is 5.75 Å². The third-order valence-electron chi connectivity index (χ3n) is 4.13. The number of amides is 3. The Morgan fingerprint density at radius 1 is 1.25 bits per heavy atom. The minimum absolute atomic E-state index is 0.0149. The molecule has 5 N–H and O–H groups in total. The van der Waals surface area contributed by atoms with E-state index in [2.05, 4.69) is 10.6 Å². The number of primary amides is 1. The lowest BCUT2D eigenvalue weighted by Crippen LogP contribution is -2.43. The molecule has 0 saturated heterocycles.